The van der Waals surface area contributed by atoms with Crippen LogP contribution in [0.4, 0.5) is 10.5 Å². The van der Waals surface area contributed by atoms with Crippen LogP contribution in [0.15, 0.2) is 43.0 Å². The Morgan fingerprint density at radius 3 is 2.54 bits per heavy atom. The van der Waals surface area contributed by atoms with Gasteiger partial charge in [0.15, 0.2) is 0 Å². The van der Waals surface area contributed by atoms with Gasteiger partial charge in [-0.3, -0.25) is 4.79 Å². The average molecular weight is 328 g/mol. The first-order valence-electron chi connectivity index (χ1n) is 8.32. The van der Waals surface area contributed by atoms with Crippen LogP contribution in [0.5, 0.6) is 0 Å². The number of amides is 3. The van der Waals surface area contributed by atoms with E-state index in [2.05, 4.69) is 16.8 Å². The van der Waals surface area contributed by atoms with Gasteiger partial charge in [0.1, 0.15) is 5.54 Å². The maximum absolute atomic E-state index is 13.1. The first kappa shape index (κ1) is 16.4. The molecule has 0 aromatic heterocycles. The van der Waals surface area contributed by atoms with Crippen molar-refractivity contribution in [2.45, 2.75) is 18.4 Å². The van der Waals surface area contributed by atoms with E-state index in [0.29, 0.717) is 39.1 Å². The normalized spacial score (nSPS) is 19.7. The number of carbonyl (C=O) groups is 2. The Labute approximate surface area is 142 Å². The van der Waals surface area contributed by atoms with Crippen LogP contribution in [-0.2, 0) is 4.79 Å². The molecule has 24 heavy (non-hydrogen) atoms. The predicted octanol–water partition coefficient (Wildman–Crippen LogP) is 1.65. The van der Waals surface area contributed by atoms with Crippen LogP contribution in [0.3, 0.4) is 0 Å². The zero-order valence-electron chi connectivity index (χ0n) is 14.1. The number of rotatable bonds is 3. The van der Waals surface area contributed by atoms with E-state index in [1.807, 2.05) is 35.2 Å². The second-order valence-corrected chi connectivity index (χ2v) is 6.30. The molecule has 0 radical (unpaired) electrons. The Balaban J connectivity index is 1.89. The van der Waals surface area contributed by atoms with E-state index in [0.717, 1.165) is 5.69 Å². The highest BCUT2D eigenvalue weighted by atomic mass is 16.2. The van der Waals surface area contributed by atoms with Crippen molar-refractivity contribution < 1.29 is 9.59 Å². The zero-order valence-corrected chi connectivity index (χ0v) is 14.1. The van der Waals surface area contributed by atoms with Crippen LogP contribution < -0.4 is 10.2 Å². The topological polar surface area (TPSA) is 55.9 Å². The second-order valence-electron chi connectivity index (χ2n) is 6.30. The third-order valence-electron chi connectivity index (χ3n) is 5.02. The molecule has 2 saturated heterocycles. The lowest BCUT2D eigenvalue weighted by molar-refractivity contribution is -0.133. The number of benzene rings is 1. The molecule has 0 unspecified atom stereocenters. The van der Waals surface area contributed by atoms with Crippen LogP contribution in [0.1, 0.15) is 12.8 Å². The number of nitrogens with one attached hydrogen (secondary N) is 1. The number of hydrogen-bond donors (Lipinski definition) is 1. The van der Waals surface area contributed by atoms with Gasteiger partial charge in [0.2, 0.25) is 5.91 Å². The first-order valence-corrected chi connectivity index (χ1v) is 8.32. The average Bonchev–Trinajstić information content (AvgIpc) is 2.89. The van der Waals surface area contributed by atoms with Crippen molar-refractivity contribution in [3.8, 4) is 0 Å². The van der Waals surface area contributed by atoms with E-state index in [9.17, 15) is 9.59 Å². The highest BCUT2D eigenvalue weighted by Crippen LogP contribution is 2.39. The van der Waals surface area contributed by atoms with Gasteiger partial charge in [0.05, 0.1) is 6.67 Å². The number of piperidine rings is 1. The van der Waals surface area contributed by atoms with Gasteiger partial charge in [-0.2, -0.15) is 0 Å². The molecule has 0 bridgehead atoms. The third-order valence-corrected chi connectivity index (χ3v) is 5.02. The molecule has 1 aromatic carbocycles. The van der Waals surface area contributed by atoms with Gasteiger partial charge in [0.25, 0.3) is 0 Å². The van der Waals surface area contributed by atoms with Gasteiger partial charge < -0.3 is 20.0 Å². The van der Waals surface area contributed by atoms with Crippen LogP contribution in [0.25, 0.3) is 0 Å². The fraction of sp³-hybridized carbons (Fsp3) is 0.444. The highest BCUT2D eigenvalue weighted by molar-refractivity contribution is 5.94. The minimum atomic E-state index is -0.561. The molecule has 1 aromatic rings. The van der Waals surface area contributed by atoms with Gasteiger partial charge in [-0.05, 0) is 25.0 Å². The standard InChI is InChI=1S/C18H24N4O2/c1-3-11-21-14-22(15-7-5-4-6-8-15)18(16(21)23)9-12-20(13-10-18)17(24)19-2/h3-8H,1,9-14H2,2H3,(H,19,24). The predicted molar refractivity (Wildman–Crippen MR) is 93.7 cm³/mol. The summed E-state index contributed by atoms with van der Waals surface area (Å²) in [7, 11) is 1.63. The summed E-state index contributed by atoms with van der Waals surface area (Å²) in [6.07, 6.45) is 3.04. The summed E-state index contributed by atoms with van der Waals surface area (Å²) in [5, 5.41) is 2.66. The molecule has 1 spiro atoms. The van der Waals surface area contributed by atoms with Crippen molar-refractivity contribution in [1.82, 2.24) is 15.1 Å². The molecule has 2 aliphatic rings. The van der Waals surface area contributed by atoms with Crippen molar-refractivity contribution in [2.24, 2.45) is 0 Å². The van der Waals surface area contributed by atoms with Crippen LogP contribution in [0, 0.1) is 0 Å². The lowest BCUT2D eigenvalue weighted by atomic mass is 9.85. The Morgan fingerprint density at radius 2 is 1.96 bits per heavy atom. The van der Waals surface area contributed by atoms with Crippen molar-refractivity contribution in [3.63, 3.8) is 0 Å². The molecule has 2 aliphatic heterocycles. The molecule has 3 rings (SSSR count). The number of anilines is 1. The van der Waals surface area contributed by atoms with Gasteiger partial charge >= 0.3 is 6.03 Å². The fourth-order valence-corrected chi connectivity index (χ4v) is 3.73. The van der Waals surface area contributed by atoms with Gasteiger partial charge in [0, 0.05) is 32.4 Å². The molecule has 3 amide bonds. The summed E-state index contributed by atoms with van der Waals surface area (Å²) in [6, 6.07) is 9.95. The van der Waals surface area contributed by atoms with E-state index < -0.39 is 5.54 Å². The van der Waals surface area contributed by atoms with Crippen LogP contribution >= 0.6 is 0 Å². The Bertz CT molecular complexity index is 623. The summed E-state index contributed by atoms with van der Waals surface area (Å²) in [5.74, 6) is 0.141. The van der Waals surface area contributed by atoms with Crippen molar-refractivity contribution >= 4 is 17.6 Å². The molecule has 1 N–H and O–H groups in total. The van der Waals surface area contributed by atoms with Crippen LogP contribution in [0.2, 0.25) is 0 Å². The van der Waals surface area contributed by atoms with E-state index in [1.54, 1.807) is 18.0 Å². The van der Waals surface area contributed by atoms with Crippen molar-refractivity contribution in [2.75, 3.05) is 38.3 Å². The van der Waals surface area contributed by atoms with E-state index in [-0.39, 0.29) is 11.9 Å². The lowest BCUT2D eigenvalue weighted by Crippen LogP contribution is -2.58. The molecule has 128 valence electrons. The highest BCUT2D eigenvalue weighted by Gasteiger charge is 2.53. The van der Waals surface area contributed by atoms with Gasteiger partial charge in [-0.25, -0.2) is 4.79 Å². The van der Waals surface area contributed by atoms with E-state index >= 15 is 0 Å². The summed E-state index contributed by atoms with van der Waals surface area (Å²) in [4.78, 5) is 30.8. The lowest BCUT2D eigenvalue weighted by Gasteiger charge is -2.43. The van der Waals surface area contributed by atoms with E-state index in [4.69, 9.17) is 0 Å². The maximum Gasteiger partial charge on any atom is 0.317 e. The van der Waals surface area contributed by atoms with Gasteiger partial charge in [-0.15, -0.1) is 6.58 Å². The first-order chi connectivity index (χ1) is 11.6. The second kappa shape index (κ2) is 6.55. The third kappa shape index (κ3) is 2.62. The molecular weight excluding hydrogens is 304 g/mol. The summed E-state index contributed by atoms with van der Waals surface area (Å²) in [6.45, 7) is 6.03. The Kier molecular flexibility index (Phi) is 4.46. The molecular formula is C18H24N4O2. The summed E-state index contributed by atoms with van der Waals surface area (Å²) >= 11 is 0. The number of nitrogens with zero attached hydrogens (tertiary/aromatic N) is 3. The van der Waals surface area contributed by atoms with Crippen molar-refractivity contribution in [1.29, 1.82) is 0 Å². The molecule has 0 saturated carbocycles. The number of urea groups is 1. The monoisotopic (exact) mass is 328 g/mol. The minimum Gasteiger partial charge on any atom is -0.341 e. The largest absolute Gasteiger partial charge is 0.341 e. The number of likely N-dealkylation sites (tertiary alicyclic amines) is 1. The molecule has 2 fully saturated rings. The molecule has 0 atom stereocenters. The molecule has 6 nitrogen and oxygen atoms in total. The van der Waals surface area contributed by atoms with Gasteiger partial charge in [-0.1, -0.05) is 24.3 Å². The SMILES string of the molecule is C=CCN1CN(c2ccccc2)C2(CCN(C(=O)NC)CC2)C1=O. The number of hydrogen-bond acceptors (Lipinski definition) is 3. The van der Waals surface area contributed by atoms with Crippen LogP contribution in [-0.4, -0.2) is 60.6 Å². The minimum absolute atomic E-state index is 0.0792. The fourth-order valence-electron chi connectivity index (χ4n) is 3.73. The maximum atomic E-state index is 13.1. The Hall–Kier alpha value is -2.50. The van der Waals surface area contributed by atoms with E-state index in [1.165, 1.54) is 0 Å². The Morgan fingerprint density at radius 1 is 1.29 bits per heavy atom. The quantitative estimate of drug-likeness (QED) is 0.859. The smallest absolute Gasteiger partial charge is 0.317 e. The molecule has 6 heteroatoms. The number of carbonyl (C=O) groups excluding carboxylic acids is 2. The summed E-state index contributed by atoms with van der Waals surface area (Å²) in [5.41, 5.74) is 0.486. The zero-order chi connectivity index (χ0) is 17.2. The molecule has 0 aliphatic carbocycles. The molecule has 2 heterocycles. The summed E-state index contributed by atoms with van der Waals surface area (Å²) < 4.78 is 0. The number of para-hydroxylation sites is 1. The van der Waals surface area contributed by atoms with Crippen molar-refractivity contribution in [3.05, 3.63) is 43.0 Å².